The normalized spacial score (nSPS) is 20.4. The second kappa shape index (κ2) is 4.00. The zero-order chi connectivity index (χ0) is 11.0. The smallest absolute Gasteiger partial charge is 0.116 e. The molecule has 1 aliphatic carbocycles. The van der Waals surface area contributed by atoms with Crippen molar-refractivity contribution in [2.45, 2.75) is 32.1 Å². The summed E-state index contributed by atoms with van der Waals surface area (Å²) in [4.78, 5) is 2.50. The van der Waals surface area contributed by atoms with Crippen molar-refractivity contribution in [3.05, 3.63) is 23.8 Å². The molecule has 3 rings (SSSR count). The molecule has 86 valence electrons. The summed E-state index contributed by atoms with van der Waals surface area (Å²) in [5.74, 6) is 1.31. The minimum atomic E-state index is 0.404. The second-order valence-corrected chi connectivity index (χ2v) is 5.16. The third-order valence-electron chi connectivity index (χ3n) is 4.01. The number of anilines is 1. The highest BCUT2D eigenvalue weighted by atomic mass is 16.3. The topological polar surface area (TPSA) is 23.5 Å². The molecule has 1 aromatic rings. The Balaban J connectivity index is 1.75. The number of aromatic hydroxyl groups is 1. The van der Waals surface area contributed by atoms with Gasteiger partial charge in [0.25, 0.3) is 0 Å². The highest BCUT2D eigenvalue weighted by molar-refractivity contribution is 5.60. The number of nitrogens with zero attached hydrogens (tertiary/aromatic N) is 1. The van der Waals surface area contributed by atoms with Gasteiger partial charge in [0.15, 0.2) is 0 Å². The zero-order valence-electron chi connectivity index (χ0n) is 9.65. The molecule has 1 heterocycles. The molecule has 0 saturated heterocycles. The summed E-state index contributed by atoms with van der Waals surface area (Å²) in [6.45, 7) is 2.35. The average Bonchev–Trinajstić information content (AvgIpc) is 2.89. The van der Waals surface area contributed by atoms with E-state index >= 15 is 0 Å². The Kier molecular flexibility index (Phi) is 2.50. The maximum absolute atomic E-state index is 9.45. The molecule has 0 atom stereocenters. The molecule has 1 aliphatic heterocycles. The van der Waals surface area contributed by atoms with Crippen LogP contribution in [0.4, 0.5) is 5.69 Å². The van der Waals surface area contributed by atoms with Crippen molar-refractivity contribution in [3.8, 4) is 5.75 Å². The molecule has 0 amide bonds. The van der Waals surface area contributed by atoms with Crippen LogP contribution < -0.4 is 4.90 Å². The highest BCUT2D eigenvalue weighted by Gasteiger charge is 2.23. The molecule has 0 unspecified atom stereocenters. The maximum Gasteiger partial charge on any atom is 0.116 e. The summed E-state index contributed by atoms with van der Waals surface area (Å²) >= 11 is 0. The molecule has 0 spiro atoms. The molecule has 1 fully saturated rings. The Labute approximate surface area is 96.9 Å². The van der Waals surface area contributed by atoms with Gasteiger partial charge in [0.2, 0.25) is 0 Å². The van der Waals surface area contributed by atoms with Crippen LogP contribution in [0.15, 0.2) is 18.2 Å². The summed E-state index contributed by atoms with van der Waals surface area (Å²) in [7, 11) is 0. The fourth-order valence-electron chi connectivity index (χ4n) is 3.15. The van der Waals surface area contributed by atoms with E-state index in [9.17, 15) is 5.11 Å². The van der Waals surface area contributed by atoms with Crippen LogP contribution in [0.3, 0.4) is 0 Å². The molecule has 2 aliphatic rings. The molecule has 0 bridgehead atoms. The third-order valence-corrected chi connectivity index (χ3v) is 4.01. The number of rotatable bonds is 2. The quantitative estimate of drug-likeness (QED) is 0.823. The van der Waals surface area contributed by atoms with E-state index in [1.807, 2.05) is 12.1 Å². The number of phenols is 1. The van der Waals surface area contributed by atoms with Crippen LogP contribution in [0.5, 0.6) is 5.75 Å². The molecule has 16 heavy (non-hydrogen) atoms. The van der Waals surface area contributed by atoms with E-state index in [0.29, 0.717) is 5.75 Å². The zero-order valence-corrected chi connectivity index (χ0v) is 9.65. The van der Waals surface area contributed by atoms with Crippen molar-refractivity contribution in [3.63, 3.8) is 0 Å². The first-order valence-electron chi connectivity index (χ1n) is 6.40. The van der Waals surface area contributed by atoms with E-state index in [1.165, 1.54) is 43.5 Å². The van der Waals surface area contributed by atoms with Crippen LogP contribution >= 0.6 is 0 Å². The molecule has 0 aromatic heterocycles. The Morgan fingerprint density at radius 2 is 2.06 bits per heavy atom. The lowest BCUT2D eigenvalue weighted by Gasteiger charge is -2.23. The van der Waals surface area contributed by atoms with Gasteiger partial charge in [-0.3, -0.25) is 0 Å². The van der Waals surface area contributed by atoms with E-state index < -0.39 is 0 Å². The van der Waals surface area contributed by atoms with Gasteiger partial charge in [-0.25, -0.2) is 0 Å². The van der Waals surface area contributed by atoms with Crippen molar-refractivity contribution in [2.75, 3.05) is 18.0 Å². The van der Waals surface area contributed by atoms with E-state index in [0.717, 1.165) is 18.9 Å². The Morgan fingerprint density at radius 1 is 1.25 bits per heavy atom. The van der Waals surface area contributed by atoms with Gasteiger partial charge in [0.05, 0.1) is 0 Å². The molecule has 1 saturated carbocycles. The van der Waals surface area contributed by atoms with Gasteiger partial charge in [-0.2, -0.15) is 0 Å². The standard InChI is InChI=1S/C14H19NO/c16-13-5-6-14-12(9-13)7-8-15(14)10-11-3-1-2-4-11/h5-6,9,11,16H,1-4,7-8,10H2. The van der Waals surface area contributed by atoms with Crippen LogP contribution in [-0.2, 0) is 6.42 Å². The fraction of sp³-hybridized carbons (Fsp3) is 0.571. The summed E-state index contributed by atoms with van der Waals surface area (Å²) in [5, 5.41) is 9.45. The van der Waals surface area contributed by atoms with Crippen molar-refractivity contribution in [1.29, 1.82) is 0 Å². The predicted molar refractivity (Wildman–Crippen MR) is 66.0 cm³/mol. The first kappa shape index (κ1) is 10.0. The Bertz CT molecular complexity index is 382. The lowest BCUT2D eigenvalue weighted by Crippen LogP contribution is -2.26. The molecule has 1 aromatic carbocycles. The van der Waals surface area contributed by atoms with Crippen LogP contribution in [0.2, 0.25) is 0 Å². The summed E-state index contributed by atoms with van der Waals surface area (Å²) in [6.07, 6.45) is 6.74. The third kappa shape index (κ3) is 1.77. The average molecular weight is 217 g/mol. The maximum atomic E-state index is 9.45. The van der Waals surface area contributed by atoms with E-state index in [-0.39, 0.29) is 0 Å². The number of fused-ring (bicyclic) bond motifs is 1. The van der Waals surface area contributed by atoms with E-state index in [4.69, 9.17) is 0 Å². The van der Waals surface area contributed by atoms with Crippen LogP contribution in [0, 0.1) is 5.92 Å². The van der Waals surface area contributed by atoms with Gasteiger partial charge in [-0.05, 0) is 48.9 Å². The first-order chi connectivity index (χ1) is 7.83. The van der Waals surface area contributed by atoms with Gasteiger partial charge >= 0.3 is 0 Å². The highest BCUT2D eigenvalue weighted by Crippen LogP contribution is 2.34. The molecular formula is C14H19NO. The van der Waals surface area contributed by atoms with E-state index in [1.54, 1.807) is 0 Å². The minimum absolute atomic E-state index is 0.404. The number of hydrogen-bond donors (Lipinski definition) is 1. The number of hydrogen-bond acceptors (Lipinski definition) is 2. The van der Waals surface area contributed by atoms with E-state index in [2.05, 4.69) is 11.0 Å². The van der Waals surface area contributed by atoms with Crippen molar-refractivity contribution < 1.29 is 5.11 Å². The lowest BCUT2D eigenvalue weighted by atomic mass is 10.1. The van der Waals surface area contributed by atoms with Gasteiger partial charge in [0, 0.05) is 18.8 Å². The fourth-order valence-corrected chi connectivity index (χ4v) is 3.15. The summed E-state index contributed by atoms with van der Waals surface area (Å²) in [6, 6.07) is 5.81. The van der Waals surface area contributed by atoms with Crippen molar-refractivity contribution in [2.24, 2.45) is 5.92 Å². The Morgan fingerprint density at radius 3 is 2.88 bits per heavy atom. The van der Waals surface area contributed by atoms with Crippen molar-refractivity contribution >= 4 is 5.69 Å². The second-order valence-electron chi connectivity index (χ2n) is 5.16. The minimum Gasteiger partial charge on any atom is -0.508 e. The number of benzene rings is 1. The van der Waals surface area contributed by atoms with Crippen LogP contribution in [-0.4, -0.2) is 18.2 Å². The molecule has 2 heteroatoms. The Hall–Kier alpha value is -1.18. The summed E-state index contributed by atoms with van der Waals surface area (Å²) < 4.78 is 0. The van der Waals surface area contributed by atoms with Crippen molar-refractivity contribution in [1.82, 2.24) is 0 Å². The first-order valence-corrected chi connectivity index (χ1v) is 6.40. The van der Waals surface area contributed by atoms with Gasteiger partial charge in [-0.1, -0.05) is 12.8 Å². The molecule has 1 N–H and O–H groups in total. The predicted octanol–water partition coefficient (Wildman–Crippen LogP) is 2.94. The SMILES string of the molecule is Oc1ccc2c(c1)CCN2CC1CCCC1. The largest absolute Gasteiger partial charge is 0.508 e. The van der Waals surface area contributed by atoms with Crippen LogP contribution in [0.1, 0.15) is 31.2 Å². The monoisotopic (exact) mass is 217 g/mol. The summed E-state index contributed by atoms with van der Waals surface area (Å²) in [5.41, 5.74) is 2.67. The lowest BCUT2D eigenvalue weighted by molar-refractivity contribution is 0.475. The van der Waals surface area contributed by atoms with Gasteiger partial charge < -0.3 is 10.0 Å². The van der Waals surface area contributed by atoms with Gasteiger partial charge in [0.1, 0.15) is 5.75 Å². The molecule has 0 radical (unpaired) electrons. The number of phenolic OH excluding ortho intramolecular Hbond substituents is 1. The van der Waals surface area contributed by atoms with Gasteiger partial charge in [-0.15, -0.1) is 0 Å². The molecule has 2 nitrogen and oxygen atoms in total. The van der Waals surface area contributed by atoms with Crippen LogP contribution in [0.25, 0.3) is 0 Å². The molecular weight excluding hydrogens is 198 g/mol.